The van der Waals surface area contributed by atoms with Crippen molar-refractivity contribution in [1.82, 2.24) is 15.0 Å². The summed E-state index contributed by atoms with van der Waals surface area (Å²) < 4.78 is 0. The molecule has 0 aliphatic rings. The van der Waals surface area contributed by atoms with Gasteiger partial charge in [-0.05, 0) is 12.1 Å². The lowest BCUT2D eigenvalue weighted by Crippen LogP contribution is -2.26. The summed E-state index contributed by atoms with van der Waals surface area (Å²) in [7, 11) is 0. The van der Waals surface area contributed by atoms with Crippen LogP contribution >= 0.6 is 0 Å². The van der Waals surface area contributed by atoms with Crippen molar-refractivity contribution in [3.8, 4) is 0 Å². The molecular formula is C12H15N3O. The molecule has 4 nitrogen and oxygen atoms in total. The van der Waals surface area contributed by atoms with Gasteiger partial charge in [0, 0.05) is 5.41 Å². The summed E-state index contributed by atoms with van der Waals surface area (Å²) in [6, 6.07) is 7.60. The van der Waals surface area contributed by atoms with Gasteiger partial charge in [0.25, 0.3) is 0 Å². The van der Waals surface area contributed by atoms with E-state index >= 15 is 0 Å². The first-order valence-corrected chi connectivity index (χ1v) is 5.30. The van der Waals surface area contributed by atoms with Gasteiger partial charge in [-0.2, -0.15) is 15.0 Å². The predicted octanol–water partition coefficient (Wildman–Crippen LogP) is 2.05. The average Bonchev–Trinajstić information content (AvgIpc) is 2.58. The van der Waals surface area contributed by atoms with Crippen molar-refractivity contribution in [3.05, 3.63) is 24.3 Å². The van der Waals surface area contributed by atoms with Gasteiger partial charge in [0.2, 0.25) is 0 Å². The zero-order valence-electron chi connectivity index (χ0n) is 9.77. The Hall–Kier alpha value is -1.71. The van der Waals surface area contributed by atoms with E-state index in [0.717, 1.165) is 11.0 Å². The number of aromatic nitrogens is 3. The summed E-state index contributed by atoms with van der Waals surface area (Å²) in [5.74, 6) is 0.132. The van der Waals surface area contributed by atoms with E-state index in [4.69, 9.17) is 0 Å². The molecule has 16 heavy (non-hydrogen) atoms. The number of nitrogens with zero attached hydrogens (tertiary/aromatic N) is 3. The van der Waals surface area contributed by atoms with E-state index in [9.17, 15) is 4.79 Å². The fourth-order valence-electron chi connectivity index (χ4n) is 1.34. The molecule has 1 aromatic carbocycles. The van der Waals surface area contributed by atoms with Gasteiger partial charge in [0.1, 0.15) is 17.6 Å². The van der Waals surface area contributed by atoms with E-state index in [0.29, 0.717) is 0 Å². The second-order valence-electron chi connectivity index (χ2n) is 4.89. The molecule has 0 saturated heterocycles. The molecule has 0 amide bonds. The van der Waals surface area contributed by atoms with Crippen LogP contribution in [0.1, 0.15) is 20.8 Å². The number of carbonyl (C=O) groups excluding carboxylic acids is 1. The molecule has 0 radical (unpaired) electrons. The number of hydrogen-bond acceptors (Lipinski definition) is 3. The third-order valence-electron chi connectivity index (χ3n) is 2.45. The maximum Gasteiger partial charge on any atom is 0.161 e. The number of hydrogen-bond donors (Lipinski definition) is 0. The number of fused-ring (bicyclic) bond motifs is 1. The van der Waals surface area contributed by atoms with Crippen molar-refractivity contribution in [2.75, 3.05) is 0 Å². The molecule has 0 spiro atoms. The molecule has 0 bridgehead atoms. The van der Waals surface area contributed by atoms with Crippen molar-refractivity contribution >= 4 is 16.8 Å². The van der Waals surface area contributed by atoms with Gasteiger partial charge in [-0.15, -0.1) is 0 Å². The second kappa shape index (κ2) is 3.70. The maximum absolute atomic E-state index is 11.8. The largest absolute Gasteiger partial charge is 0.297 e. The van der Waals surface area contributed by atoms with Crippen LogP contribution in [0.2, 0.25) is 0 Å². The Balaban J connectivity index is 2.25. The first kappa shape index (κ1) is 10.8. The van der Waals surface area contributed by atoms with Crippen LogP contribution in [0.15, 0.2) is 24.3 Å². The summed E-state index contributed by atoms with van der Waals surface area (Å²) in [6.07, 6.45) is 0. The van der Waals surface area contributed by atoms with Gasteiger partial charge in [0.15, 0.2) is 5.78 Å². The Morgan fingerprint density at radius 3 is 2.12 bits per heavy atom. The molecule has 0 N–H and O–H groups in total. The number of ketones is 1. The average molecular weight is 217 g/mol. The fourth-order valence-corrected chi connectivity index (χ4v) is 1.34. The Bertz CT molecular complexity index is 489. The number of carbonyl (C=O) groups is 1. The van der Waals surface area contributed by atoms with Crippen LogP contribution in [0, 0.1) is 5.41 Å². The molecule has 1 heterocycles. The zero-order valence-corrected chi connectivity index (χ0v) is 9.77. The number of benzene rings is 1. The van der Waals surface area contributed by atoms with Crippen LogP contribution in [-0.4, -0.2) is 20.8 Å². The number of rotatable bonds is 2. The Morgan fingerprint density at radius 2 is 1.69 bits per heavy atom. The summed E-state index contributed by atoms with van der Waals surface area (Å²) in [6.45, 7) is 5.94. The maximum atomic E-state index is 11.8. The van der Waals surface area contributed by atoms with Crippen LogP contribution in [0.4, 0.5) is 0 Å². The summed E-state index contributed by atoms with van der Waals surface area (Å²) in [4.78, 5) is 13.3. The van der Waals surface area contributed by atoms with E-state index in [1.54, 1.807) is 0 Å². The first-order valence-electron chi connectivity index (χ1n) is 5.30. The smallest absolute Gasteiger partial charge is 0.161 e. The van der Waals surface area contributed by atoms with Crippen molar-refractivity contribution in [2.45, 2.75) is 27.3 Å². The third-order valence-corrected chi connectivity index (χ3v) is 2.45. The van der Waals surface area contributed by atoms with E-state index < -0.39 is 0 Å². The Morgan fingerprint density at radius 1 is 1.19 bits per heavy atom. The van der Waals surface area contributed by atoms with Crippen molar-refractivity contribution < 1.29 is 4.79 Å². The molecule has 0 atom stereocenters. The summed E-state index contributed by atoms with van der Waals surface area (Å²) >= 11 is 0. The molecule has 4 heteroatoms. The highest BCUT2D eigenvalue weighted by Gasteiger charge is 2.22. The molecule has 84 valence electrons. The molecule has 0 saturated carbocycles. The molecule has 2 rings (SSSR count). The topological polar surface area (TPSA) is 47.8 Å². The van der Waals surface area contributed by atoms with Gasteiger partial charge >= 0.3 is 0 Å². The van der Waals surface area contributed by atoms with E-state index in [1.807, 2.05) is 45.0 Å². The van der Waals surface area contributed by atoms with Crippen LogP contribution in [0.3, 0.4) is 0 Å². The fraction of sp³-hybridized carbons (Fsp3) is 0.417. The number of Topliss-reactive ketones (excluding diaryl/α,β-unsaturated/α-hetero) is 1. The molecule has 0 aliphatic carbocycles. The van der Waals surface area contributed by atoms with Gasteiger partial charge in [-0.1, -0.05) is 32.9 Å². The lowest BCUT2D eigenvalue weighted by atomic mass is 9.91. The highest BCUT2D eigenvalue weighted by molar-refractivity contribution is 5.83. The van der Waals surface area contributed by atoms with Crippen LogP contribution < -0.4 is 0 Å². The third kappa shape index (κ3) is 2.10. The van der Waals surface area contributed by atoms with E-state index in [1.165, 1.54) is 4.80 Å². The van der Waals surface area contributed by atoms with Gasteiger partial charge < -0.3 is 0 Å². The van der Waals surface area contributed by atoms with Crippen molar-refractivity contribution in [2.24, 2.45) is 5.41 Å². The van der Waals surface area contributed by atoms with Gasteiger partial charge in [-0.3, -0.25) is 4.79 Å². The Kier molecular flexibility index (Phi) is 2.50. The van der Waals surface area contributed by atoms with Gasteiger partial charge in [-0.25, -0.2) is 0 Å². The van der Waals surface area contributed by atoms with Crippen molar-refractivity contribution in [1.29, 1.82) is 0 Å². The molecule has 0 aliphatic heterocycles. The normalized spacial score (nSPS) is 11.9. The highest BCUT2D eigenvalue weighted by Crippen LogP contribution is 2.15. The monoisotopic (exact) mass is 217 g/mol. The lowest BCUT2D eigenvalue weighted by Gasteiger charge is -2.15. The minimum atomic E-state index is -0.347. The second-order valence-corrected chi connectivity index (χ2v) is 4.89. The van der Waals surface area contributed by atoms with Crippen LogP contribution in [-0.2, 0) is 11.3 Å². The molecule has 0 unspecified atom stereocenters. The van der Waals surface area contributed by atoms with E-state index in [2.05, 4.69) is 10.2 Å². The standard InChI is InChI=1S/C12H15N3O/c1-12(2,3)11(16)8-15-13-9-6-4-5-7-10(9)14-15/h4-7H,8H2,1-3H3. The highest BCUT2D eigenvalue weighted by atomic mass is 16.1. The first-order chi connectivity index (χ1) is 7.47. The SMILES string of the molecule is CC(C)(C)C(=O)Cn1nc2ccccc2n1. The molecular weight excluding hydrogens is 202 g/mol. The summed E-state index contributed by atoms with van der Waals surface area (Å²) in [5.41, 5.74) is 1.30. The Labute approximate surface area is 94.3 Å². The lowest BCUT2D eigenvalue weighted by molar-refractivity contribution is -0.127. The van der Waals surface area contributed by atoms with E-state index in [-0.39, 0.29) is 17.7 Å². The van der Waals surface area contributed by atoms with Crippen LogP contribution in [0.5, 0.6) is 0 Å². The predicted molar refractivity (Wildman–Crippen MR) is 62.0 cm³/mol. The molecule has 0 fully saturated rings. The van der Waals surface area contributed by atoms with Crippen LogP contribution in [0.25, 0.3) is 11.0 Å². The minimum absolute atomic E-state index is 0.132. The summed E-state index contributed by atoms with van der Waals surface area (Å²) in [5, 5.41) is 8.50. The zero-order chi connectivity index (χ0) is 11.8. The van der Waals surface area contributed by atoms with Gasteiger partial charge in [0.05, 0.1) is 0 Å². The molecule has 1 aromatic heterocycles. The molecule has 2 aromatic rings. The van der Waals surface area contributed by atoms with Crippen molar-refractivity contribution in [3.63, 3.8) is 0 Å². The minimum Gasteiger partial charge on any atom is -0.297 e. The quantitative estimate of drug-likeness (QED) is 0.773.